The van der Waals surface area contributed by atoms with Crippen LogP contribution in [0.15, 0.2) is 22.2 Å². The smallest absolute Gasteiger partial charge is 0.206 e. The van der Waals surface area contributed by atoms with Gasteiger partial charge in [0.15, 0.2) is 11.5 Å². The number of aryl methyl sites for hydroxylation is 1. The SMILES string of the molecule is Cc1sc(=NC2CCCCC2)n(/N=C/c2cc(O)c(O)cc2O)c1C. The molecule has 0 amide bonds. The molecule has 0 saturated heterocycles. The van der Waals surface area contributed by atoms with Crippen molar-refractivity contribution < 1.29 is 15.3 Å². The van der Waals surface area contributed by atoms with Crippen molar-refractivity contribution in [2.24, 2.45) is 10.1 Å². The summed E-state index contributed by atoms with van der Waals surface area (Å²) in [6, 6.07) is 2.72. The second kappa shape index (κ2) is 7.31. The van der Waals surface area contributed by atoms with Crippen LogP contribution in [0.25, 0.3) is 0 Å². The van der Waals surface area contributed by atoms with Gasteiger partial charge in [0.25, 0.3) is 0 Å². The number of hydrogen-bond donors (Lipinski definition) is 3. The molecule has 1 aliphatic carbocycles. The van der Waals surface area contributed by atoms with Crippen molar-refractivity contribution in [1.82, 2.24) is 4.68 Å². The molecule has 7 heteroatoms. The van der Waals surface area contributed by atoms with Crippen LogP contribution in [0.5, 0.6) is 17.2 Å². The Morgan fingerprint density at radius 2 is 1.72 bits per heavy atom. The summed E-state index contributed by atoms with van der Waals surface area (Å²) in [6.07, 6.45) is 7.44. The Kier molecular flexibility index (Phi) is 5.13. The van der Waals surface area contributed by atoms with Gasteiger partial charge in [-0.1, -0.05) is 19.3 Å². The number of thiazole rings is 1. The van der Waals surface area contributed by atoms with Crippen molar-refractivity contribution in [2.75, 3.05) is 0 Å². The fourth-order valence-corrected chi connectivity index (χ4v) is 3.92. The molecule has 0 spiro atoms. The van der Waals surface area contributed by atoms with Crippen molar-refractivity contribution in [3.05, 3.63) is 33.1 Å². The average Bonchev–Trinajstić information content (AvgIpc) is 2.85. The van der Waals surface area contributed by atoms with Crippen LogP contribution in [-0.2, 0) is 0 Å². The first-order chi connectivity index (χ1) is 12.0. The number of phenolic OH excluding ortho intramolecular Hbond substituents is 3. The van der Waals surface area contributed by atoms with Gasteiger partial charge >= 0.3 is 0 Å². The Morgan fingerprint density at radius 3 is 2.44 bits per heavy atom. The van der Waals surface area contributed by atoms with E-state index in [1.807, 2.05) is 13.8 Å². The number of nitrogens with zero attached hydrogens (tertiary/aromatic N) is 3. The molecule has 0 unspecified atom stereocenters. The highest BCUT2D eigenvalue weighted by Gasteiger charge is 2.14. The van der Waals surface area contributed by atoms with Crippen LogP contribution in [0.3, 0.4) is 0 Å². The first kappa shape index (κ1) is 17.5. The molecule has 6 nitrogen and oxygen atoms in total. The zero-order chi connectivity index (χ0) is 18.0. The molecule has 25 heavy (non-hydrogen) atoms. The summed E-state index contributed by atoms with van der Waals surface area (Å²) in [4.78, 5) is 6.87. The van der Waals surface area contributed by atoms with E-state index in [4.69, 9.17) is 4.99 Å². The van der Waals surface area contributed by atoms with Gasteiger partial charge in [0.05, 0.1) is 18.0 Å². The Morgan fingerprint density at radius 1 is 1.04 bits per heavy atom. The lowest BCUT2D eigenvalue weighted by atomic mass is 9.96. The van der Waals surface area contributed by atoms with Gasteiger partial charge in [0, 0.05) is 16.5 Å². The zero-order valence-electron chi connectivity index (χ0n) is 14.4. The van der Waals surface area contributed by atoms with E-state index in [-0.39, 0.29) is 17.2 Å². The lowest BCUT2D eigenvalue weighted by molar-refractivity contribution is 0.396. The van der Waals surface area contributed by atoms with Crippen LogP contribution < -0.4 is 4.80 Å². The molecule has 2 aromatic rings. The quantitative estimate of drug-likeness (QED) is 0.445. The third-order valence-electron chi connectivity index (χ3n) is 4.56. The van der Waals surface area contributed by atoms with Gasteiger partial charge in [-0.2, -0.15) is 5.10 Å². The van der Waals surface area contributed by atoms with Crippen LogP contribution >= 0.6 is 11.3 Å². The van der Waals surface area contributed by atoms with E-state index in [2.05, 4.69) is 5.10 Å². The number of aromatic nitrogens is 1. The first-order valence-corrected chi connectivity index (χ1v) is 9.29. The molecule has 3 N–H and O–H groups in total. The van der Waals surface area contributed by atoms with E-state index in [1.54, 1.807) is 16.0 Å². The molecule has 134 valence electrons. The summed E-state index contributed by atoms with van der Waals surface area (Å²) in [6.45, 7) is 4.02. The summed E-state index contributed by atoms with van der Waals surface area (Å²) >= 11 is 1.61. The summed E-state index contributed by atoms with van der Waals surface area (Å²) in [5, 5.41) is 33.4. The molecule has 1 saturated carbocycles. The van der Waals surface area contributed by atoms with Gasteiger partial charge in [-0.05, 0) is 32.8 Å². The predicted octanol–water partition coefficient (Wildman–Crippen LogP) is 3.40. The van der Waals surface area contributed by atoms with Gasteiger partial charge in [0.2, 0.25) is 4.80 Å². The molecule has 0 atom stereocenters. The fraction of sp³-hybridized carbons (Fsp3) is 0.444. The molecule has 1 aromatic carbocycles. The monoisotopic (exact) mass is 361 g/mol. The second-order valence-electron chi connectivity index (χ2n) is 6.40. The lowest BCUT2D eigenvalue weighted by Crippen LogP contribution is -2.19. The number of hydrogen-bond acceptors (Lipinski definition) is 6. The Balaban J connectivity index is 1.97. The van der Waals surface area contributed by atoms with Gasteiger partial charge in [-0.25, -0.2) is 4.68 Å². The van der Waals surface area contributed by atoms with Gasteiger partial charge in [-0.15, -0.1) is 11.3 Å². The van der Waals surface area contributed by atoms with Crippen molar-refractivity contribution in [3.63, 3.8) is 0 Å². The molecule has 3 rings (SSSR count). The molecule has 1 aliphatic rings. The summed E-state index contributed by atoms with van der Waals surface area (Å²) in [5.74, 6) is -0.803. The van der Waals surface area contributed by atoms with Crippen LogP contribution in [0.2, 0.25) is 0 Å². The standard InChI is InChI=1S/C18H23N3O3S/c1-11-12(2)25-18(20-14-6-4-3-5-7-14)21(11)19-10-13-8-16(23)17(24)9-15(13)22/h8-10,14,22-24H,3-7H2,1-2H3/b19-10+,20-18?. The molecule has 0 radical (unpaired) electrons. The summed E-state index contributed by atoms with van der Waals surface area (Å²) in [5.41, 5.74) is 1.33. The summed E-state index contributed by atoms with van der Waals surface area (Å²) in [7, 11) is 0. The van der Waals surface area contributed by atoms with Crippen molar-refractivity contribution in [3.8, 4) is 17.2 Å². The Bertz CT molecular complexity index is 861. The maximum atomic E-state index is 9.91. The first-order valence-electron chi connectivity index (χ1n) is 8.48. The van der Waals surface area contributed by atoms with Crippen LogP contribution in [-0.4, -0.2) is 32.3 Å². The van der Waals surface area contributed by atoms with Crippen LogP contribution in [0, 0.1) is 13.8 Å². The minimum atomic E-state index is -0.363. The van der Waals surface area contributed by atoms with Crippen LogP contribution in [0.4, 0.5) is 0 Å². The molecule has 1 aromatic heterocycles. The van der Waals surface area contributed by atoms with Gasteiger partial charge in [0.1, 0.15) is 5.75 Å². The van der Waals surface area contributed by atoms with Crippen molar-refractivity contribution in [1.29, 1.82) is 0 Å². The molecule has 1 heterocycles. The van der Waals surface area contributed by atoms with Gasteiger partial charge < -0.3 is 15.3 Å². The highest BCUT2D eigenvalue weighted by atomic mass is 32.1. The summed E-state index contributed by atoms with van der Waals surface area (Å²) < 4.78 is 1.78. The third-order valence-corrected chi connectivity index (χ3v) is 5.62. The topological polar surface area (TPSA) is 90.3 Å². The molecule has 0 bridgehead atoms. The van der Waals surface area contributed by atoms with E-state index >= 15 is 0 Å². The number of aromatic hydroxyl groups is 3. The Hall–Kier alpha value is -2.28. The van der Waals surface area contributed by atoms with E-state index in [9.17, 15) is 15.3 Å². The molecular weight excluding hydrogens is 338 g/mol. The number of benzene rings is 1. The van der Waals surface area contributed by atoms with Crippen LogP contribution in [0.1, 0.15) is 48.2 Å². The van der Waals surface area contributed by atoms with Gasteiger partial charge in [-0.3, -0.25) is 4.99 Å². The Labute approximate surface area is 150 Å². The predicted molar refractivity (Wildman–Crippen MR) is 98.6 cm³/mol. The van der Waals surface area contributed by atoms with E-state index < -0.39 is 0 Å². The third kappa shape index (κ3) is 3.87. The zero-order valence-corrected chi connectivity index (χ0v) is 15.3. The maximum Gasteiger partial charge on any atom is 0.206 e. The second-order valence-corrected chi connectivity index (χ2v) is 7.58. The largest absolute Gasteiger partial charge is 0.507 e. The lowest BCUT2D eigenvalue weighted by Gasteiger charge is -2.16. The molecule has 0 aliphatic heterocycles. The van der Waals surface area contributed by atoms with E-state index in [1.165, 1.54) is 31.5 Å². The van der Waals surface area contributed by atoms with Crippen molar-refractivity contribution >= 4 is 17.6 Å². The van der Waals surface area contributed by atoms with E-state index in [0.29, 0.717) is 11.6 Å². The minimum absolute atomic E-state index is 0.143. The van der Waals surface area contributed by atoms with E-state index in [0.717, 1.165) is 34.3 Å². The molecule has 1 fully saturated rings. The normalized spacial score (nSPS) is 16.8. The minimum Gasteiger partial charge on any atom is -0.507 e. The molecular formula is C18H23N3O3S. The fourth-order valence-electron chi connectivity index (χ4n) is 2.94. The highest BCUT2D eigenvalue weighted by Crippen LogP contribution is 2.31. The highest BCUT2D eigenvalue weighted by molar-refractivity contribution is 7.09. The maximum absolute atomic E-state index is 9.91. The number of phenols is 3. The average molecular weight is 361 g/mol. The number of rotatable bonds is 3. The van der Waals surface area contributed by atoms with Crippen molar-refractivity contribution in [2.45, 2.75) is 52.0 Å².